The second-order valence-electron chi connectivity index (χ2n) is 6.45. The molecule has 0 radical (unpaired) electrons. The standard InChI is InChI=1S/C19H16N6O3S/c1-29(27,28)17-5-3-14(10-22-17)23-19(26)18-15-7-11(2-4-16(15)24-25-18)12-6-13(20)9-21-8-12/h2-10H,20H2,1H3,(H,23,26)(H,24,25). The predicted octanol–water partition coefficient (Wildman–Crippen LogP) is 2.26. The number of hydrogen-bond acceptors (Lipinski definition) is 7. The SMILES string of the molecule is CS(=O)(=O)c1ccc(NC(=O)c2n[nH]c3ccc(-c4cncc(N)c4)cc23)cn1. The highest BCUT2D eigenvalue weighted by atomic mass is 32.2. The summed E-state index contributed by atoms with van der Waals surface area (Å²) >= 11 is 0. The van der Waals surface area contributed by atoms with Gasteiger partial charge in [-0.05, 0) is 35.9 Å². The minimum absolute atomic E-state index is 0.0684. The molecule has 0 bridgehead atoms. The van der Waals surface area contributed by atoms with Crippen molar-refractivity contribution in [2.24, 2.45) is 0 Å². The van der Waals surface area contributed by atoms with E-state index in [2.05, 4.69) is 25.5 Å². The molecule has 0 atom stereocenters. The Kier molecular flexibility index (Phi) is 4.47. The van der Waals surface area contributed by atoms with Gasteiger partial charge in [0.05, 0.1) is 23.1 Å². The Bertz CT molecular complexity index is 1330. The van der Waals surface area contributed by atoms with Crippen LogP contribution < -0.4 is 11.1 Å². The first-order valence-corrected chi connectivity index (χ1v) is 10.4. The number of nitrogen functional groups attached to an aromatic ring is 1. The van der Waals surface area contributed by atoms with E-state index in [0.29, 0.717) is 22.3 Å². The first-order valence-electron chi connectivity index (χ1n) is 8.48. The highest BCUT2D eigenvalue weighted by Crippen LogP contribution is 2.26. The van der Waals surface area contributed by atoms with E-state index >= 15 is 0 Å². The molecule has 3 heterocycles. The van der Waals surface area contributed by atoms with E-state index in [1.54, 1.807) is 18.5 Å². The Morgan fingerprint density at radius 2 is 1.90 bits per heavy atom. The molecule has 0 saturated heterocycles. The van der Waals surface area contributed by atoms with Crippen molar-refractivity contribution >= 4 is 38.0 Å². The molecule has 0 aliphatic carbocycles. The van der Waals surface area contributed by atoms with E-state index in [9.17, 15) is 13.2 Å². The Balaban J connectivity index is 1.65. The number of carbonyl (C=O) groups excluding carboxylic acids is 1. The number of aromatic nitrogens is 4. The lowest BCUT2D eigenvalue weighted by atomic mass is 10.0. The largest absolute Gasteiger partial charge is 0.397 e. The van der Waals surface area contributed by atoms with Crippen LogP contribution in [0.1, 0.15) is 10.5 Å². The van der Waals surface area contributed by atoms with E-state index in [4.69, 9.17) is 5.73 Å². The van der Waals surface area contributed by atoms with Crippen molar-refractivity contribution in [3.05, 3.63) is 60.7 Å². The van der Waals surface area contributed by atoms with Crippen LogP contribution in [0.4, 0.5) is 11.4 Å². The quantitative estimate of drug-likeness (QED) is 0.470. The van der Waals surface area contributed by atoms with Gasteiger partial charge in [-0.1, -0.05) is 6.07 Å². The van der Waals surface area contributed by atoms with Gasteiger partial charge in [0.15, 0.2) is 20.6 Å². The number of H-pyrrole nitrogens is 1. The zero-order chi connectivity index (χ0) is 20.6. The number of amides is 1. The molecule has 9 nitrogen and oxygen atoms in total. The molecule has 0 unspecified atom stereocenters. The lowest BCUT2D eigenvalue weighted by molar-refractivity contribution is 0.102. The number of carbonyl (C=O) groups is 1. The number of nitrogens with zero attached hydrogens (tertiary/aromatic N) is 3. The van der Waals surface area contributed by atoms with Crippen LogP contribution in [-0.2, 0) is 9.84 Å². The molecule has 1 amide bonds. The second-order valence-corrected chi connectivity index (χ2v) is 8.41. The second kappa shape index (κ2) is 6.99. The van der Waals surface area contributed by atoms with Crippen molar-refractivity contribution in [3.63, 3.8) is 0 Å². The maximum absolute atomic E-state index is 12.7. The fourth-order valence-corrected chi connectivity index (χ4v) is 3.41. The number of hydrogen-bond donors (Lipinski definition) is 3. The van der Waals surface area contributed by atoms with Gasteiger partial charge in [-0.25, -0.2) is 13.4 Å². The van der Waals surface area contributed by atoms with Gasteiger partial charge in [0.25, 0.3) is 5.91 Å². The van der Waals surface area contributed by atoms with Gasteiger partial charge in [-0.3, -0.25) is 14.9 Å². The molecule has 146 valence electrons. The summed E-state index contributed by atoms with van der Waals surface area (Å²) in [6, 6.07) is 10.1. The van der Waals surface area contributed by atoms with Gasteiger partial charge in [0.2, 0.25) is 0 Å². The molecule has 1 aromatic carbocycles. The van der Waals surface area contributed by atoms with Gasteiger partial charge in [-0.15, -0.1) is 0 Å². The fraction of sp³-hybridized carbons (Fsp3) is 0.0526. The number of nitrogens with one attached hydrogen (secondary N) is 2. The topological polar surface area (TPSA) is 144 Å². The van der Waals surface area contributed by atoms with Gasteiger partial charge in [-0.2, -0.15) is 5.10 Å². The third kappa shape index (κ3) is 3.78. The van der Waals surface area contributed by atoms with Crippen LogP contribution in [-0.4, -0.2) is 40.7 Å². The van der Waals surface area contributed by atoms with Crippen molar-refractivity contribution in [1.29, 1.82) is 0 Å². The molecule has 4 N–H and O–H groups in total. The Morgan fingerprint density at radius 3 is 2.59 bits per heavy atom. The highest BCUT2D eigenvalue weighted by molar-refractivity contribution is 7.90. The molecule has 10 heteroatoms. The van der Waals surface area contributed by atoms with Crippen LogP contribution >= 0.6 is 0 Å². The molecular weight excluding hydrogens is 392 g/mol. The van der Waals surface area contributed by atoms with E-state index in [-0.39, 0.29) is 10.7 Å². The summed E-state index contributed by atoms with van der Waals surface area (Å²) in [5.41, 5.74) is 9.25. The molecule has 4 rings (SSSR count). The zero-order valence-corrected chi connectivity index (χ0v) is 16.1. The van der Waals surface area contributed by atoms with Crippen molar-refractivity contribution in [1.82, 2.24) is 20.2 Å². The number of pyridine rings is 2. The lowest BCUT2D eigenvalue weighted by Crippen LogP contribution is -2.13. The number of anilines is 2. The number of aromatic amines is 1. The van der Waals surface area contributed by atoms with Gasteiger partial charge < -0.3 is 11.1 Å². The van der Waals surface area contributed by atoms with Gasteiger partial charge in [0, 0.05) is 29.6 Å². The summed E-state index contributed by atoms with van der Waals surface area (Å²) in [5.74, 6) is -0.451. The normalized spacial score (nSPS) is 11.5. The first-order chi connectivity index (χ1) is 13.8. The monoisotopic (exact) mass is 408 g/mol. The predicted molar refractivity (Wildman–Crippen MR) is 109 cm³/mol. The minimum Gasteiger partial charge on any atom is -0.397 e. The van der Waals surface area contributed by atoms with E-state index in [1.165, 1.54) is 18.3 Å². The Labute approximate surface area is 165 Å². The van der Waals surface area contributed by atoms with Crippen molar-refractivity contribution < 1.29 is 13.2 Å². The minimum atomic E-state index is -3.41. The van der Waals surface area contributed by atoms with Crippen LogP contribution in [0, 0.1) is 0 Å². The van der Waals surface area contributed by atoms with Gasteiger partial charge in [0.1, 0.15) is 0 Å². The van der Waals surface area contributed by atoms with E-state index in [0.717, 1.165) is 17.4 Å². The van der Waals surface area contributed by atoms with Gasteiger partial charge >= 0.3 is 0 Å². The van der Waals surface area contributed by atoms with Crippen LogP contribution in [0.15, 0.2) is 60.0 Å². The lowest BCUT2D eigenvalue weighted by Gasteiger charge is -2.05. The molecule has 0 aliphatic rings. The fourth-order valence-electron chi connectivity index (χ4n) is 2.85. The summed E-state index contributed by atoms with van der Waals surface area (Å²) in [6.07, 6.45) is 5.60. The summed E-state index contributed by atoms with van der Waals surface area (Å²) in [5, 5.41) is 10.2. The number of nitrogens with two attached hydrogens (primary N) is 1. The zero-order valence-electron chi connectivity index (χ0n) is 15.2. The maximum atomic E-state index is 12.7. The van der Waals surface area contributed by atoms with Crippen LogP contribution in [0.5, 0.6) is 0 Å². The highest BCUT2D eigenvalue weighted by Gasteiger charge is 2.16. The van der Waals surface area contributed by atoms with Crippen molar-refractivity contribution in [2.45, 2.75) is 5.03 Å². The van der Waals surface area contributed by atoms with Crippen LogP contribution in [0.25, 0.3) is 22.0 Å². The third-order valence-electron chi connectivity index (χ3n) is 4.24. The van der Waals surface area contributed by atoms with E-state index < -0.39 is 15.7 Å². The number of sulfone groups is 1. The number of rotatable bonds is 4. The van der Waals surface area contributed by atoms with Crippen LogP contribution in [0.3, 0.4) is 0 Å². The summed E-state index contributed by atoms with van der Waals surface area (Å²) in [6.45, 7) is 0. The van der Waals surface area contributed by atoms with E-state index in [1.807, 2.05) is 18.2 Å². The number of fused-ring (bicyclic) bond motifs is 1. The summed E-state index contributed by atoms with van der Waals surface area (Å²) in [7, 11) is -3.41. The Morgan fingerprint density at radius 1 is 1.07 bits per heavy atom. The van der Waals surface area contributed by atoms with Crippen molar-refractivity contribution in [2.75, 3.05) is 17.3 Å². The molecule has 29 heavy (non-hydrogen) atoms. The van der Waals surface area contributed by atoms with Crippen LogP contribution in [0.2, 0.25) is 0 Å². The van der Waals surface area contributed by atoms with Crippen molar-refractivity contribution in [3.8, 4) is 11.1 Å². The molecule has 0 fully saturated rings. The molecular formula is C19H16N6O3S. The third-order valence-corrected chi connectivity index (χ3v) is 5.25. The molecule has 0 aliphatic heterocycles. The number of benzene rings is 1. The smallest absolute Gasteiger partial charge is 0.276 e. The molecule has 4 aromatic rings. The first kappa shape index (κ1) is 18.6. The Hall–Kier alpha value is -3.79. The maximum Gasteiger partial charge on any atom is 0.276 e. The average molecular weight is 408 g/mol. The molecule has 0 spiro atoms. The molecule has 3 aromatic heterocycles. The average Bonchev–Trinajstić information content (AvgIpc) is 3.11. The summed E-state index contributed by atoms with van der Waals surface area (Å²) < 4.78 is 23.0. The molecule has 0 saturated carbocycles. The summed E-state index contributed by atoms with van der Waals surface area (Å²) in [4.78, 5) is 20.6.